The zero-order valence-corrected chi connectivity index (χ0v) is 29.8. The quantitative estimate of drug-likeness (QED) is 0.0712. The Labute approximate surface area is 279 Å². The van der Waals surface area contributed by atoms with Crippen molar-refractivity contribution in [3.05, 3.63) is 11.6 Å². The van der Waals surface area contributed by atoms with Crippen molar-refractivity contribution in [2.75, 3.05) is 13.1 Å². The molecule has 4 aliphatic rings. The largest absolute Gasteiger partial charge is 0.392 e. The molecular weight excluding hydrogens is 554 g/mol. The van der Waals surface area contributed by atoms with E-state index in [4.69, 9.17) is 0 Å². The maximum absolute atomic E-state index is 9.89. The van der Waals surface area contributed by atoms with E-state index < -0.39 is 0 Å². The highest BCUT2D eigenvalue weighted by Gasteiger charge is 2.34. The van der Waals surface area contributed by atoms with Gasteiger partial charge in [-0.2, -0.15) is 0 Å². The summed E-state index contributed by atoms with van der Waals surface area (Å²) >= 11 is 0. The molecule has 5 heteroatoms. The molecule has 0 aliphatic carbocycles. The van der Waals surface area contributed by atoms with Crippen molar-refractivity contribution in [1.82, 2.24) is 15.5 Å². The molecule has 8 atom stereocenters. The highest BCUT2D eigenvalue weighted by Crippen LogP contribution is 2.35. The van der Waals surface area contributed by atoms with Crippen LogP contribution in [0.5, 0.6) is 0 Å². The molecule has 4 heterocycles. The number of unbranched alkanes of at least 4 members (excludes halogenated alkanes) is 14. The van der Waals surface area contributed by atoms with E-state index in [2.05, 4.69) is 35.5 Å². The molecule has 0 aromatic carbocycles. The number of nitrogens with one attached hydrogen (secondary N) is 2. The Morgan fingerprint density at radius 1 is 0.600 bits per heavy atom. The minimum atomic E-state index is -0.142. The van der Waals surface area contributed by atoms with Crippen LogP contribution < -0.4 is 10.6 Å². The molecule has 0 bridgehead atoms. The molecule has 0 amide bonds. The molecule has 0 aromatic rings. The second-order valence-electron chi connectivity index (χ2n) is 16.0. The number of piperidine rings is 2. The molecule has 0 aromatic heterocycles. The van der Waals surface area contributed by atoms with Gasteiger partial charge in [0.05, 0.1) is 12.2 Å². The molecule has 5 nitrogen and oxygen atoms in total. The van der Waals surface area contributed by atoms with E-state index in [0.29, 0.717) is 12.1 Å². The molecule has 3 saturated heterocycles. The van der Waals surface area contributed by atoms with Crippen LogP contribution in [0.25, 0.3) is 0 Å². The molecule has 0 radical (unpaired) electrons. The van der Waals surface area contributed by atoms with Gasteiger partial charge in [0.2, 0.25) is 0 Å². The summed E-state index contributed by atoms with van der Waals surface area (Å²) in [4.78, 5) is 2.84. The second kappa shape index (κ2) is 21.5. The van der Waals surface area contributed by atoms with Crippen molar-refractivity contribution in [3.8, 4) is 0 Å². The summed E-state index contributed by atoms with van der Waals surface area (Å²) in [5.41, 5.74) is 1.77. The number of aliphatic hydroxyl groups excluding tert-OH is 2. The molecule has 262 valence electrons. The lowest BCUT2D eigenvalue weighted by atomic mass is 9.85. The van der Waals surface area contributed by atoms with Gasteiger partial charge in [-0.3, -0.25) is 4.90 Å². The fourth-order valence-electron chi connectivity index (χ4n) is 9.17. The average molecular weight is 630 g/mol. The van der Waals surface area contributed by atoms with Gasteiger partial charge in [0.25, 0.3) is 0 Å². The lowest BCUT2D eigenvalue weighted by Crippen LogP contribution is -2.48. The predicted molar refractivity (Wildman–Crippen MR) is 192 cm³/mol. The van der Waals surface area contributed by atoms with E-state index in [1.165, 1.54) is 154 Å². The molecule has 4 aliphatic heterocycles. The Hall–Kier alpha value is -0.460. The first-order chi connectivity index (χ1) is 22.0. The third-order valence-electron chi connectivity index (χ3n) is 12.2. The standard InChI is InChI=1S/C40H75N3O2/c1-32-39(44)27-25-36(41-32)22-17-13-9-5-3-7-11-15-20-34-30-35(38-24-19-29-43(38)31-34)21-16-12-8-4-6-10-14-18-23-37-26-28-40(45)33(2)42-37/h30,32-33,35-42,44-45H,3-29,31H2,1-2H3/t32-,33+,35-,36+,37-,38+,39-,40-/m1/s1. The fraction of sp³-hybridized carbons (Fsp3) is 0.950. The topological polar surface area (TPSA) is 67.8 Å². The van der Waals surface area contributed by atoms with Crippen molar-refractivity contribution < 1.29 is 10.2 Å². The monoisotopic (exact) mass is 630 g/mol. The highest BCUT2D eigenvalue weighted by atomic mass is 16.3. The first kappa shape index (κ1) is 37.4. The maximum Gasteiger partial charge on any atom is 0.0691 e. The van der Waals surface area contributed by atoms with E-state index in [9.17, 15) is 10.2 Å². The van der Waals surface area contributed by atoms with E-state index in [0.717, 1.165) is 37.6 Å². The summed E-state index contributed by atoms with van der Waals surface area (Å²) in [6, 6.07) is 2.66. The van der Waals surface area contributed by atoms with Crippen LogP contribution in [0.2, 0.25) is 0 Å². The van der Waals surface area contributed by atoms with E-state index >= 15 is 0 Å². The molecule has 45 heavy (non-hydrogen) atoms. The van der Waals surface area contributed by atoms with Gasteiger partial charge < -0.3 is 20.8 Å². The number of hydrogen-bond acceptors (Lipinski definition) is 5. The van der Waals surface area contributed by atoms with Crippen molar-refractivity contribution in [3.63, 3.8) is 0 Å². The van der Waals surface area contributed by atoms with Gasteiger partial charge in [-0.05, 0) is 96.9 Å². The SMILES string of the molecule is C[C@@H]1N[C@H](CCCCCCCCCC[C@@H]2C=C(CCCCCCCCCC[C@H]3CC[C@@H](O)[C@@H](C)N3)CN3CCC[C@@H]23)CC[C@H]1O. The summed E-state index contributed by atoms with van der Waals surface area (Å²) in [5, 5.41) is 27.0. The summed E-state index contributed by atoms with van der Waals surface area (Å²) in [5.74, 6) is 0.825. The maximum atomic E-state index is 9.89. The van der Waals surface area contributed by atoms with Crippen LogP contribution >= 0.6 is 0 Å². The lowest BCUT2D eigenvalue weighted by molar-refractivity contribution is 0.0848. The van der Waals surface area contributed by atoms with Crippen molar-refractivity contribution in [2.24, 2.45) is 5.92 Å². The van der Waals surface area contributed by atoms with Gasteiger partial charge in [0.1, 0.15) is 0 Å². The van der Waals surface area contributed by atoms with Crippen molar-refractivity contribution in [1.29, 1.82) is 0 Å². The molecular formula is C40H75N3O2. The zero-order chi connectivity index (χ0) is 31.7. The predicted octanol–water partition coefficient (Wildman–Crippen LogP) is 8.81. The van der Waals surface area contributed by atoms with Crippen LogP contribution in [0.4, 0.5) is 0 Å². The first-order valence-corrected chi connectivity index (χ1v) is 20.3. The fourth-order valence-corrected chi connectivity index (χ4v) is 9.17. The van der Waals surface area contributed by atoms with E-state index in [-0.39, 0.29) is 24.3 Å². The Morgan fingerprint density at radius 3 is 1.58 bits per heavy atom. The summed E-state index contributed by atoms with van der Waals surface area (Å²) in [6.45, 7) is 6.86. The van der Waals surface area contributed by atoms with Gasteiger partial charge in [-0.15, -0.1) is 0 Å². The normalized spacial score (nSPS) is 32.5. The summed E-state index contributed by atoms with van der Waals surface area (Å²) in [7, 11) is 0. The number of fused-ring (bicyclic) bond motifs is 1. The van der Waals surface area contributed by atoms with Crippen LogP contribution in [-0.2, 0) is 0 Å². The Balaban J connectivity index is 0.963. The number of hydrogen-bond donors (Lipinski definition) is 4. The summed E-state index contributed by atoms with van der Waals surface area (Å²) in [6.07, 6.45) is 37.4. The Morgan fingerprint density at radius 2 is 1.07 bits per heavy atom. The van der Waals surface area contributed by atoms with Gasteiger partial charge >= 0.3 is 0 Å². The Kier molecular flexibility index (Phi) is 17.8. The van der Waals surface area contributed by atoms with E-state index in [1.807, 2.05) is 0 Å². The smallest absolute Gasteiger partial charge is 0.0691 e. The van der Waals surface area contributed by atoms with Crippen LogP contribution in [0, 0.1) is 5.92 Å². The van der Waals surface area contributed by atoms with Gasteiger partial charge in [0, 0.05) is 36.8 Å². The third-order valence-corrected chi connectivity index (χ3v) is 12.2. The van der Waals surface area contributed by atoms with Gasteiger partial charge in [0.15, 0.2) is 0 Å². The van der Waals surface area contributed by atoms with Crippen LogP contribution in [0.15, 0.2) is 11.6 Å². The molecule has 0 unspecified atom stereocenters. The minimum absolute atomic E-state index is 0.141. The molecule has 3 fully saturated rings. The van der Waals surface area contributed by atoms with Crippen molar-refractivity contribution >= 4 is 0 Å². The van der Waals surface area contributed by atoms with Gasteiger partial charge in [-0.25, -0.2) is 0 Å². The van der Waals surface area contributed by atoms with E-state index in [1.54, 1.807) is 5.57 Å². The number of aliphatic hydroxyl groups is 2. The van der Waals surface area contributed by atoms with Crippen LogP contribution in [0.3, 0.4) is 0 Å². The third kappa shape index (κ3) is 13.9. The summed E-state index contributed by atoms with van der Waals surface area (Å²) < 4.78 is 0. The number of rotatable bonds is 22. The molecule has 4 rings (SSSR count). The van der Waals surface area contributed by atoms with Crippen LogP contribution in [0.1, 0.15) is 181 Å². The average Bonchev–Trinajstić information content (AvgIpc) is 3.51. The molecule has 0 spiro atoms. The van der Waals surface area contributed by atoms with Crippen molar-refractivity contribution in [2.45, 2.75) is 223 Å². The zero-order valence-electron chi connectivity index (χ0n) is 29.8. The van der Waals surface area contributed by atoms with Crippen LogP contribution in [-0.4, -0.2) is 70.6 Å². The lowest BCUT2D eigenvalue weighted by Gasteiger charge is -2.36. The Bertz CT molecular complexity index is 804. The first-order valence-electron chi connectivity index (χ1n) is 20.3. The second-order valence-corrected chi connectivity index (χ2v) is 16.0. The van der Waals surface area contributed by atoms with Gasteiger partial charge in [-0.1, -0.05) is 108 Å². The molecule has 4 N–H and O–H groups in total. The molecule has 0 saturated carbocycles. The minimum Gasteiger partial charge on any atom is -0.392 e. The highest BCUT2D eigenvalue weighted by molar-refractivity contribution is 5.15. The number of nitrogens with zero attached hydrogens (tertiary/aromatic N) is 1.